The van der Waals surface area contributed by atoms with Gasteiger partial charge in [0.1, 0.15) is 12.2 Å². The molecule has 0 aromatic carbocycles. The Labute approximate surface area is 84.8 Å². The number of aromatic nitrogens is 4. The van der Waals surface area contributed by atoms with Gasteiger partial charge < -0.3 is 10.3 Å². The third-order valence-corrected chi connectivity index (χ3v) is 1.77. The summed E-state index contributed by atoms with van der Waals surface area (Å²) in [6.07, 6.45) is 1.43. The maximum Gasteiger partial charge on any atom is 0.181 e. The fraction of sp³-hybridized carbons (Fsp3) is 0.250. The zero-order valence-electron chi connectivity index (χ0n) is 8.04. The van der Waals surface area contributed by atoms with Crippen LogP contribution in [0.15, 0.2) is 16.8 Å². The Morgan fingerprint density at radius 3 is 3.00 bits per heavy atom. The fourth-order valence-electron chi connectivity index (χ4n) is 1.08. The van der Waals surface area contributed by atoms with Crippen LogP contribution in [-0.2, 0) is 6.54 Å². The van der Waals surface area contributed by atoms with Gasteiger partial charge in [0.15, 0.2) is 17.4 Å². The van der Waals surface area contributed by atoms with Gasteiger partial charge in [-0.05, 0) is 0 Å². The first-order valence-electron chi connectivity index (χ1n) is 4.27. The molecule has 0 unspecified atom stereocenters. The molecule has 2 heterocycles. The zero-order chi connectivity index (χ0) is 10.8. The third kappa shape index (κ3) is 2.01. The van der Waals surface area contributed by atoms with Crippen molar-refractivity contribution in [1.29, 1.82) is 0 Å². The van der Waals surface area contributed by atoms with Crippen LogP contribution in [0, 0.1) is 0 Å². The van der Waals surface area contributed by atoms with Crippen LogP contribution >= 0.6 is 0 Å². The van der Waals surface area contributed by atoms with Gasteiger partial charge in [0.25, 0.3) is 0 Å². The van der Waals surface area contributed by atoms with E-state index in [0.29, 0.717) is 23.8 Å². The number of nitrogen functional groups attached to an aromatic ring is 1. The largest absolute Gasteiger partial charge is 0.381 e. The molecule has 0 aliphatic carbocycles. The highest BCUT2D eigenvalue weighted by atomic mass is 16.5. The van der Waals surface area contributed by atoms with Crippen molar-refractivity contribution in [2.75, 3.05) is 5.73 Å². The molecule has 7 nitrogen and oxygen atoms in total. The number of rotatable bonds is 3. The van der Waals surface area contributed by atoms with Gasteiger partial charge >= 0.3 is 0 Å². The lowest BCUT2D eigenvalue weighted by molar-refractivity contribution is 0.100. The molecule has 2 rings (SSSR count). The summed E-state index contributed by atoms with van der Waals surface area (Å²) in [5.41, 5.74) is 5.69. The molecule has 0 fully saturated rings. The molecule has 2 N–H and O–H groups in total. The molecule has 7 heteroatoms. The van der Waals surface area contributed by atoms with E-state index in [4.69, 9.17) is 10.3 Å². The number of anilines is 1. The first kappa shape index (κ1) is 9.38. The first-order valence-corrected chi connectivity index (χ1v) is 4.27. The SMILES string of the molecule is CC(=O)c1cc(Cn2ncc(N)n2)on1. The van der Waals surface area contributed by atoms with Crippen LogP contribution in [0.25, 0.3) is 0 Å². The van der Waals surface area contributed by atoms with E-state index in [1.807, 2.05) is 0 Å². The molecule has 0 saturated carbocycles. The van der Waals surface area contributed by atoms with Crippen molar-refractivity contribution >= 4 is 11.6 Å². The molecule has 0 amide bonds. The molecule has 0 bridgehead atoms. The van der Waals surface area contributed by atoms with Crippen LogP contribution in [-0.4, -0.2) is 25.9 Å². The molecule has 78 valence electrons. The quantitative estimate of drug-likeness (QED) is 0.716. The van der Waals surface area contributed by atoms with E-state index in [9.17, 15) is 4.79 Å². The van der Waals surface area contributed by atoms with Crippen molar-refractivity contribution in [2.24, 2.45) is 0 Å². The summed E-state index contributed by atoms with van der Waals surface area (Å²) in [5.74, 6) is 0.704. The lowest BCUT2D eigenvalue weighted by Crippen LogP contribution is -2.03. The number of carbonyl (C=O) groups excluding carboxylic acids is 1. The van der Waals surface area contributed by atoms with Crippen molar-refractivity contribution in [3.05, 3.63) is 23.7 Å². The highest BCUT2D eigenvalue weighted by Crippen LogP contribution is 2.05. The number of hydrogen-bond acceptors (Lipinski definition) is 6. The van der Waals surface area contributed by atoms with Gasteiger partial charge in [0.05, 0.1) is 6.20 Å². The van der Waals surface area contributed by atoms with E-state index >= 15 is 0 Å². The van der Waals surface area contributed by atoms with Gasteiger partial charge in [0.2, 0.25) is 0 Å². The van der Waals surface area contributed by atoms with Gasteiger partial charge in [-0.15, -0.1) is 5.10 Å². The monoisotopic (exact) mass is 207 g/mol. The van der Waals surface area contributed by atoms with Gasteiger partial charge in [-0.3, -0.25) is 4.79 Å². The number of hydrogen-bond donors (Lipinski definition) is 1. The van der Waals surface area contributed by atoms with Gasteiger partial charge in [-0.25, -0.2) is 0 Å². The summed E-state index contributed by atoms with van der Waals surface area (Å²) in [6.45, 7) is 1.73. The second kappa shape index (κ2) is 3.52. The van der Waals surface area contributed by atoms with Crippen LogP contribution in [0.4, 0.5) is 5.82 Å². The van der Waals surface area contributed by atoms with Gasteiger partial charge in [0, 0.05) is 13.0 Å². The summed E-state index contributed by atoms with van der Waals surface area (Å²) >= 11 is 0. The highest BCUT2D eigenvalue weighted by molar-refractivity contribution is 5.91. The average Bonchev–Trinajstić information content (AvgIpc) is 2.76. The average molecular weight is 207 g/mol. The molecule has 2 aromatic heterocycles. The summed E-state index contributed by atoms with van der Waals surface area (Å²) in [5, 5.41) is 11.3. The van der Waals surface area contributed by atoms with Crippen molar-refractivity contribution in [1.82, 2.24) is 20.2 Å². The topological polar surface area (TPSA) is 99.8 Å². The molecule has 2 aromatic rings. The molecular formula is C8H9N5O2. The van der Waals surface area contributed by atoms with Crippen LogP contribution in [0.2, 0.25) is 0 Å². The Morgan fingerprint density at radius 1 is 1.67 bits per heavy atom. The molecule has 15 heavy (non-hydrogen) atoms. The van der Waals surface area contributed by atoms with Gasteiger partial charge in [-0.1, -0.05) is 5.16 Å². The maximum atomic E-state index is 10.9. The molecule has 0 aliphatic rings. The Morgan fingerprint density at radius 2 is 2.47 bits per heavy atom. The summed E-state index contributed by atoms with van der Waals surface area (Å²) in [7, 11) is 0. The Kier molecular flexibility index (Phi) is 2.20. The predicted octanol–water partition coefficient (Wildman–Crippen LogP) is 0.0992. The minimum atomic E-state index is -0.141. The van der Waals surface area contributed by atoms with Crippen LogP contribution in [0.3, 0.4) is 0 Å². The standard InChI is InChI=1S/C8H9N5O2/c1-5(14)7-2-6(15-12-7)4-13-10-3-8(9)11-13/h2-3H,4H2,1H3,(H2,9,11). The summed E-state index contributed by atoms with van der Waals surface area (Å²) in [4.78, 5) is 12.3. The smallest absolute Gasteiger partial charge is 0.181 e. The molecule has 0 saturated heterocycles. The summed E-state index contributed by atoms with van der Waals surface area (Å²) < 4.78 is 4.93. The van der Waals surface area contributed by atoms with Gasteiger partial charge in [-0.2, -0.15) is 9.90 Å². The number of carbonyl (C=O) groups is 1. The van der Waals surface area contributed by atoms with Crippen LogP contribution in [0.5, 0.6) is 0 Å². The number of nitrogens with zero attached hydrogens (tertiary/aromatic N) is 4. The lowest BCUT2D eigenvalue weighted by Gasteiger charge is -1.92. The molecule has 0 spiro atoms. The van der Waals surface area contributed by atoms with E-state index in [1.165, 1.54) is 17.9 Å². The zero-order valence-corrected chi connectivity index (χ0v) is 8.04. The van der Waals surface area contributed by atoms with E-state index in [2.05, 4.69) is 15.4 Å². The molecular weight excluding hydrogens is 198 g/mol. The second-order valence-corrected chi connectivity index (χ2v) is 3.03. The van der Waals surface area contributed by atoms with Crippen molar-refractivity contribution in [3.63, 3.8) is 0 Å². The minimum absolute atomic E-state index is 0.141. The Hall–Kier alpha value is -2.18. The van der Waals surface area contributed by atoms with Crippen LogP contribution in [0.1, 0.15) is 23.2 Å². The minimum Gasteiger partial charge on any atom is -0.381 e. The number of ketones is 1. The van der Waals surface area contributed by atoms with E-state index in [1.54, 1.807) is 6.07 Å². The molecule has 0 atom stereocenters. The normalized spacial score (nSPS) is 10.5. The maximum absolute atomic E-state index is 10.9. The molecule has 0 aliphatic heterocycles. The lowest BCUT2D eigenvalue weighted by atomic mass is 10.3. The highest BCUT2D eigenvalue weighted by Gasteiger charge is 2.09. The van der Waals surface area contributed by atoms with E-state index in [0.717, 1.165) is 0 Å². The van der Waals surface area contributed by atoms with E-state index < -0.39 is 0 Å². The number of nitrogens with two attached hydrogens (primary N) is 1. The fourth-order valence-corrected chi connectivity index (χ4v) is 1.08. The van der Waals surface area contributed by atoms with Crippen LogP contribution < -0.4 is 5.73 Å². The molecule has 0 radical (unpaired) electrons. The van der Waals surface area contributed by atoms with Crippen molar-refractivity contribution < 1.29 is 9.32 Å². The van der Waals surface area contributed by atoms with E-state index in [-0.39, 0.29) is 5.78 Å². The third-order valence-electron chi connectivity index (χ3n) is 1.77. The van der Waals surface area contributed by atoms with Crippen molar-refractivity contribution in [3.8, 4) is 0 Å². The predicted molar refractivity (Wildman–Crippen MR) is 50.0 cm³/mol. The second-order valence-electron chi connectivity index (χ2n) is 3.03. The Bertz CT molecular complexity index is 487. The Balaban J connectivity index is 2.14. The first-order chi connectivity index (χ1) is 7.15. The van der Waals surface area contributed by atoms with Crippen molar-refractivity contribution in [2.45, 2.75) is 13.5 Å². The number of Topliss-reactive ketones (excluding diaryl/α,β-unsaturated/α-hetero) is 1. The summed E-state index contributed by atoms with van der Waals surface area (Å²) in [6, 6.07) is 1.56.